The van der Waals surface area contributed by atoms with Crippen LogP contribution in [-0.2, 0) is 5.54 Å². The Morgan fingerprint density at radius 3 is 2.71 bits per heavy atom. The fraction of sp³-hybridized carbons (Fsp3) is 0.727. The minimum atomic E-state index is 0.0786. The molecule has 3 heteroatoms. The third kappa shape index (κ3) is 1.46. The van der Waals surface area contributed by atoms with Crippen LogP contribution in [-0.4, -0.2) is 9.55 Å². The van der Waals surface area contributed by atoms with Crippen LogP contribution >= 0.6 is 0 Å². The lowest BCUT2D eigenvalue weighted by Crippen LogP contribution is -2.29. The minimum Gasteiger partial charge on any atom is -0.327 e. The van der Waals surface area contributed by atoms with Crippen molar-refractivity contribution >= 4 is 0 Å². The third-order valence-corrected chi connectivity index (χ3v) is 3.40. The molecule has 0 saturated heterocycles. The summed E-state index contributed by atoms with van der Waals surface area (Å²) in [6, 6.07) is 0.0786. The maximum Gasteiger partial charge on any atom is 0.0953 e. The summed E-state index contributed by atoms with van der Waals surface area (Å²) in [7, 11) is 0. The zero-order valence-electron chi connectivity index (χ0n) is 9.03. The molecule has 1 fully saturated rings. The van der Waals surface area contributed by atoms with E-state index >= 15 is 0 Å². The molecule has 0 radical (unpaired) electrons. The molecule has 1 heterocycles. The summed E-state index contributed by atoms with van der Waals surface area (Å²) in [6.45, 7) is 4.33. The fourth-order valence-electron chi connectivity index (χ4n) is 2.47. The van der Waals surface area contributed by atoms with E-state index in [1.165, 1.54) is 25.7 Å². The first-order chi connectivity index (χ1) is 6.63. The van der Waals surface area contributed by atoms with Crippen LogP contribution in [0.5, 0.6) is 0 Å². The van der Waals surface area contributed by atoms with Crippen molar-refractivity contribution in [2.75, 3.05) is 0 Å². The zero-order valence-corrected chi connectivity index (χ0v) is 9.03. The first kappa shape index (κ1) is 9.71. The molecule has 1 unspecified atom stereocenters. The Labute approximate surface area is 85.3 Å². The van der Waals surface area contributed by atoms with Gasteiger partial charge in [-0.15, -0.1) is 0 Å². The second-order valence-electron chi connectivity index (χ2n) is 4.68. The molecule has 1 saturated carbocycles. The zero-order chi connectivity index (χ0) is 10.2. The molecule has 1 aliphatic rings. The molecular weight excluding hydrogens is 174 g/mol. The SMILES string of the molecule is CC(N)c1cncn1C1(C)CCCC1. The maximum absolute atomic E-state index is 5.92. The lowest BCUT2D eigenvalue weighted by Gasteiger charge is -2.28. The topological polar surface area (TPSA) is 43.8 Å². The first-order valence-corrected chi connectivity index (χ1v) is 5.42. The van der Waals surface area contributed by atoms with Crippen molar-refractivity contribution in [2.24, 2.45) is 5.73 Å². The van der Waals surface area contributed by atoms with Gasteiger partial charge in [0.1, 0.15) is 0 Å². The van der Waals surface area contributed by atoms with Crippen LogP contribution in [0.3, 0.4) is 0 Å². The summed E-state index contributed by atoms with van der Waals surface area (Å²) in [5.74, 6) is 0. The molecule has 3 nitrogen and oxygen atoms in total. The first-order valence-electron chi connectivity index (χ1n) is 5.42. The molecule has 0 bridgehead atoms. The van der Waals surface area contributed by atoms with Crippen molar-refractivity contribution in [3.05, 3.63) is 18.2 Å². The second kappa shape index (κ2) is 3.39. The van der Waals surface area contributed by atoms with Gasteiger partial charge in [0, 0.05) is 17.8 Å². The van der Waals surface area contributed by atoms with Gasteiger partial charge in [0.2, 0.25) is 0 Å². The van der Waals surface area contributed by atoms with Crippen LogP contribution < -0.4 is 5.73 Å². The molecule has 2 rings (SSSR count). The molecule has 0 aliphatic heterocycles. The van der Waals surface area contributed by atoms with E-state index in [1.807, 2.05) is 19.4 Å². The molecule has 0 aromatic carbocycles. The van der Waals surface area contributed by atoms with Crippen LogP contribution in [0.25, 0.3) is 0 Å². The highest BCUT2D eigenvalue weighted by molar-refractivity contribution is 5.08. The van der Waals surface area contributed by atoms with Crippen LogP contribution in [0, 0.1) is 0 Å². The van der Waals surface area contributed by atoms with Crippen molar-refractivity contribution < 1.29 is 0 Å². The summed E-state index contributed by atoms with van der Waals surface area (Å²) < 4.78 is 2.28. The average Bonchev–Trinajstić information content (AvgIpc) is 2.71. The Morgan fingerprint density at radius 2 is 2.14 bits per heavy atom. The number of nitrogens with zero attached hydrogens (tertiary/aromatic N) is 2. The van der Waals surface area contributed by atoms with Crippen LogP contribution in [0.1, 0.15) is 51.3 Å². The lowest BCUT2D eigenvalue weighted by atomic mass is 9.99. The van der Waals surface area contributed by atoms with Gasteiger partial charge in [0.25, 0.3) is 0 Å². The summed E-state index contributed by atoms with van der Waals surface area (Å²) >= 11 is 0. The Bertz CT molecular complexity index is 308. The van der Waals surface area contributed by atoms with Crippen LogP contribution in [0.2, 0.25) is 0 Å². The van der Waals surface area contributed by atoms with E-state index in [2.05, 4.69) is 16.5 Å². The van der Waals surface area contributed by atoms with Gasteiger partial charge in [0.05, 0.1) is 12.0 Å². The van der Waals surface area contributed by atoms with E-state index in [9.17, 15) is 0 Å². The number of rotatable bonds is 2. The van der Waals surface area contributed by atoms with Crippen molar-refractivity contribution in [3.63, 3.8) is 0 Å². The maximum atomic E-state index is 5.92. The Kier molecular flexibility index (Phi) is 2.35. The summed E-state index contributed by atoms with van der Waals surface area (Å²) in [5, 5.41) is 0. The molecule has 0 spiro atoms. The highest BCUT2D eigenvalue weighted by atomic mass is 15.1. The van der Waals surface area contributed by atoms with Gasteiger partial charge in [-0.2, -0.15) is 0 Å². The molecule has 1 aromatic heterocycles. The molecule has 2 N–H and O–H groups in total. The van der Waals surface area contributed by atoms with Crippen molar-refractivity contribution in [1.82, 2.24) is 9.55 Å². The van der Waals surface area contributed by atoms with Gasteiger partial charge in [-0.1, -0.05) is 12.8 Å². The van der Waals surface area contributed by atoms with Gasteiger partial charge in [-0.25, -0.2) is 4.98 Å². The Morgan fingerprint density at radius 1 is 1.50 bits per heavy atom. The van der Waals surface area contributed by atoms with E-state index in [0.29, 0.717) is 0 Å². The predicted octanol–water partition coefficient (Wildman–Crippen LogP) is 2.19. The van der Waals surface area contributed by atoms with E-state index in [0.717, 1.165) is 5.69 Å². The second-order valence-corrected chi connectivity index (χ2v) is 4.68. The smallest absolute Gasteiger partial charge is 0.0953 e. The molecule has 1 atom stereocenters. The molecule has 1 aromatic rings. The van der Waals surface area contributed by atoms with Gasteiger partial charge in [-0.05, 0) is 26.7 Å². The molecular formula is C11H19N3. The summed E-state index contributed by atoms with van der Waals surface area (Å²) in [4.78, 5) is 4.22. The number of nitrogens with two attached hydrogens (primary N) is 1. The Hall–Kier alpha value is -0.830. The van der Waals surface area contributed by atoms with Crippen molar-refractivity contribution in [3.8, 4) is 0 Å². The standard InChI is InChI=1S/C11H19N3/c1-9(12)10-7-13-8-14(10)11(2)5-3-4-6-11/h7-9H,3-6,12H2,1-2H3. The lowest BCUT2D eigenvalue weighted by molar-refractivity contribution is 0.315. The molecule has 14 heavy (non-hydrogen) atoms. The number of hydrogen-bond acceptors (Lipinski definition) is 2. The highest BCUT2D eigenvalue weighted by Crippen LogP contribution is 2.37. The normalized spacial score (nSPS) is 22.5. The van der Waals surface area contributed by atoms with Gasteiger partial charge < -0.3 is 10.3 Å². The predicted molar refractivity (Wildman–Crippen MR) is 56.9 cm³/mol. The van der Waals surface area contributed by atoms with Crippen molar-refractivity contribution in [2.45, 2.75) is 51.1 Å². The quantitative estimate of drug-likeness (QED) is 0.782. The van der Waals surface area contributed by atoms with E-state index in [4.69, 9.17) is 5.73 Å². The van der Waals surface area contributed by atoms with Gasteiger partial charge >= 0.3 is 0 Å². The van der Waals surface area contributed by atoms with Crippen LogP contribution in [0.15, 0.2) is 12.5 Å². The number of aromatic nitrogens is 2. The Balaban J connectivity index is 2.35. The largest absolute Gasteiger partial charge is 0.327 e. The third-order valence-electron chi connectivity index (χ3n) is 3.40. The van der Waals surface area contributed by atoms with Gasteiger partial charge in [0.15, 0.2) is 0 Å². The highest BCUT2D eigenvalue weighted by Gasteiger charge is 2.32. The van der Waals surface area contributed by atoms with E-state index in [1.54, 1.807) is 0 Å². The minimum absolute atomic E-state index is 0.0786. The number of imidazole rings is 1. The number of hydrogen-bond donors (Lipinski definition) is 1. The average molecular weight is 193 g/mol. The molecule has 1 aliphatic carbocycles. The molecule has 0 amide bonds. The van der Waals surface area contributed by atoms with E-state index in [-0.39, 0.29) is 11.6 Å². The van der Waals surface area contributed by atoms with E-state index < -0.39 is 0 Å². The van der Waals surface area contributed by atoms with Crippen LogP contribution in [0.4, 0.5) is 0 Å². The monoisotopic (exact) mass is 193 g/mol. The summed E-state index contributed by atoms with van der Waals surface area (Å²) in [6.07, 6.45) is 8.99. The van der Waals surface area contributed by atoms with Gasteiger partial charge in [-0.3, -0.25) is 0 Å². The summed E-state index contributed by atoms with van der Waals surface area (Å²) in [5.41, 5.74) is 7.35. The fourth-order valence-corrected chi connectivity index (χ4v) is 2.47. The van der Waals surface area contributed by atoms with Crippen molar-refractivity contribution in [1.29, 1.82) is 0 Å². The molecule has 78 valence electrons.